The molecule has 0 saturated carbocycles. The summed E-state index contributed by atoms with van der Waals surface area (Å²) in [6.07, 6.45) is 1.18. The van der Waals surface area contributed by atoms with Gasteiger partial charge in [0, 0.05) is 42.2 Å². The van der Waals surface area contributed by atoms with Crippen molar-refractivity contribution in [3.63, 3.8) is 0 Å². The van der Waals surface area contributed by atoms with Gasteiger partial charge in [-0.05, 0) is 29.7 Å². The molecule has 196 valence electrons. The first kappa shape index (κ1) is 28.1. The maximum absolute atomic E-state index is 13.7. The lowest BCUT2D eigenvalue weighted by atomic mass is 10.0. The van der Waals surface area contributed by atoms with Gasteiger partial charge in [-0.15, -0.1) is 0 Å². The molecule has 2 amide bonds. The van der Waals surface area contributed by atoms with E-state index in [0.717, 1.165) is 22.0 Å². The summed E-state index contributed by atoms with van der Waals surface area (Å²) in [5.74, 6) is 1.03. The van der Waals surface area contributed by atoms with Gasteiger partial charge in [-0.2, -0.15) is 0 Å². The number of nitrogens with zero attached hydrogens (tertiary/aromatic N) is 1. The summed E-state index contributed by atoms with van der Waals surface area (Å²) in [4.78, 5) is 28.6. The van der Waals surface area contributed by atoms with Crippen LogP contribution in [0.4, 0.5) is 0 Å². The minimum Gasteiger partial charge on any atom is -0.496 e. The first-order valence-corrected chi connectivity index (χ1v) is 12.9. The Morgan fingerprint density at radius 1 is 0.892 bits per heavy atom. The summed E-state index contributed by atoms with van der Waals surface area (Å²) < 4.78 is 17.4. The smallest absolute Gasteiger partial charge is 0.261 e. The van der Waals surface area contributed by atoms with Crippen LogP contribution in [0.2, 0.25) is 0 Å². The molecule has 37 heavy (non-hydrogen) atoms. The van der Waals surface area contributed by atoms with Crippen LogP contribution in [0.25, 0.3) is 0 Å². The van der Waals surface area contributed by atoms with Gasteiger partial charge in [0.2, 0.25) is 5.91 Å². The number of carbonyl (C=O) groups is 2. The number of ether oxygens (including phenoxy) is 3. The number of hydrogen-bond donors (Lipinski definition) is 1. The van der Waals surface area contributed by atoms with Crippen LogP contribution in [0, 0.1) is 0 Å². The molecular formula is C29H33BrN2O5. The van der Waals surface area contributed by atoms with Gasteiger partial charge >= 0.3 is 0 Å². The predicted octanol–water partition coefficient (Wildman–Crippen LogP) is 5.01. The summed E-state index contributed by atoms with van der Waals surface area (Å²) in [5, 5.41) is 2.97. The number of rotatable bonds is 13. The lowest BCUT2D eigenvalue weighted by Gasteiger charge is -2.31. The van der Waals surface area contributed by atoms with E-state index in [9.17, 15) is 9.59 Å². The van der Waals surface area contributed by atoms with E-state index in [1.807, 2.05) is 61.5 Å². The fourth-order valence-electron chi connectivity index (χ4n) is 3.80. The fourth-order valence-corrected chi connectivity index (χ4v) is 4.06. The molecule has 0 heterocycles. The van der Waals surface area contributed by atoms with Crippen LogP contribution in [-0.4, -0.2) is 50.1 Å². The van der Waals surface area contributed by atoms with Gasteiger partial charge in [0.05, 0.1) is 14.2 Å². The molecule has 0 radical (unpaired) electrons. The lowest BCUT2D eigenvalue weighted by Crippen LogP contribution is -2.51. The Morgan fingerprint density at radius 3 is 2.11 bits per heavy atom. The van der Waals surface area contributed by atoms with E-state index < -0.39 is 6.04 Å². The molecule has 7 nitrogen and oxygen atoms in total. The molecule has 3 rings (SSSR count). The quantitative estimate of drug-likeness (QED) is 0.313. The summed E-state index contributed by atoms with van der Waals surface area (Å²) in [6.45, 7) is 2.53. The summed E-state index contributed by atoms with van der Waals surface area (Å²) in [6, 6.07) is 21.8. The monoisotopic (exact) mass is 568 g/mol. The van der Waals surface area contributed by atoms with E-state index in [1.54, 1.807) is 37.3 Å². The number of nitrogens with one attached hydrogen (secondary N) is 1. The van der Waals surface area contributed by atoms with Crippen LogP contribution in [0.1, 0.15) is 24.5 Å². The summed E-state index contributed by atoms with van der Waals surface area (Å²) in [5.41, 5.74) is 1.87. The Hall–Kier alpha value is -3.52. The third-order valence-corrected chi connectivity index (χ3v) is 6.30. The van der Waals surface area contributed by atoms with E-state index in [2.05, 4.69) is 21.2 Å². The van der Waals surface area contributed by atoms with Gasteiger partial charge in [-0.25, -0.2) is 0 Å². The van der Waals surface area contributed by atoms with E-state index in [4.69, 9.17) is 14.2 Å². The number of amides is 2. The van der Waals surface area contributed by atoms with Crippen molar-refractivity contribution >= 4 is 27.7 Å². The Morgan fingerprint density at radius 2 is 1.51 bits per heavy atom. The van der Waals surface area contributed by atoms with Crippen molar-refractivity contribution in [2.75, 3.05) is 27.4 Å². The van der Waals surface area contributed by atoms with E-state index in [1.165, 1.54) is 0 Å². The van der Waals surface area contributed by atoms with Gasteiger partial charge < -0.3 is 24.4 Å². The molecule has 0 bridgehead atoms. The second-order valence-corrected chi connectivity index (χ2v) is 9.40. The minimum atomic E-state index is -0.714. The van der Waals surface area contributed by atoms with Gasteiger partial charge in [-0.1, -0.05) is 65.3 Å². The highest BCUT2D eigenvalue weighted by atomic mass is 79.9. The fraction of sp³-hybridized carbons (Fsp3) is 0.310. The predicted molar refractivity (Wildman–Crippen MR) is 147 cm³/mol. The van der Waals surface area contributed by atoms with E-state index in [-0.39, 0.29) is 25.0 Å². The average molecular weight is 569 g/mol. The molecule has 1 unspecified atom stereocenters. The molecule has 0 spiro atoms. The molecule has 1 N–H and O–H groups in total. The second-order valence-electron chi connectivity index (χ2n) is 8.48. The highest BCUT2D eigenvalue weighted by Crippen LogP contribution is 2.27. The largest absolute Gasteiger partial charge is 0.496 e. The van der Waals surface area contributed by atoms with Crippen LogP contribution < -0.4 is 19.5 Å². The Balaban J connectivity index is 1.90. The summed E-state index contributed by atoms with van der Waals surface area (Å²) in [7, 11) is 3.10. The van der Waals surface area contributed by atoms with E-state index >= 15 is 0 Å². The summed E-state index contributed by atoms with van der Waals surface area (Å²) >= 11 is 3.45. The van der Waals surface area contributed by atoms with Crippen LogP contribution in [0.3, 0.4) is 0 Å². The van der Waals surface area contributed by atoms with Gasteiger partial charge in [0.1, 0.15) is 23.3 Å². The molecule has 0 saturated heterocycles. The van der Waals surface area contributed by atoms with Gasteiger partial charge in [0.15, 0.2) is 6.61 Å². The highest BCUT2D eigenvalue weighted by molar-refractivity contribution is 9.10. The van der Waals surface area contributed by atoms with Crippen LogP contribution >= 0.6 is 15.9 Å². The molecule has 3 aromatic carbocycles. The minimum absolute atomic E-state index is 0.195. The Labute approximate surface area is 226 Å². The molecule has 1 atom stereocenters. The first-order valence-electron chi connectivity index (χ1n) is 12.1. The maximum atomic E-state index is 13.7. The third kappa shape index (κ3) is 8.53. The number of methoxy groups -OCH3 is 2. The van der Waals surface area contributed by atoms with Crippen molar-refractivity contribution in [1.29, 1.82) is 0 Å². The van der Waals surface area contributed by atoms with Crippen LogP contribution in [-0.2, 0) is 22.6 Å². The number of halogens is 1. The normalized spacial score (nSPS) is 11.4. The molecule has 3 aromatic rings. The highest BCUT2D eigenvalue weighted by Gasteiger charge is 2.30. The Kier molecular flexibility index (Phi) is 10.8. The third-order valence-electron chi connectivity index (χ3n) is 5.77. The van der Waals surface area contributed by atoms with Crippen molar-refractivity contribution in [2.45, 2.75) is 32.4 Å². The average Bonchev–Trinajstić information content (AvgIpc) is 2.93. The molecule has 0 aliphatic carbocycles. The van der Waals surface area contributed by atoms with Crippen molar-refractivity contribution < 1.29 is 23.8 Å². The van der Waals surface area contributed by atoms with Gasteiger partial charge in [-0.3, -0.25) is 9.59 Å². The zero-order valence-electron chi connectivity index (χ0n) is 21.4. The Bertz CT molecular complexity index is 1130. The molecular weight excluding hydrogens is 536 g/mol. The van der Waals surface area contributed by atoms with Crippen LogP contribution in [0.5, 0.6) is 17.2 Å². The van der Waals surface area contributed by atoms with Crippen LogP contribution in [0.15, 0.2) is 77.3 Å². The van der Waals surface area contributed by atoms with Crippen molar-refractivity contribution in [3.8, 4) is 17.2 Å². The molecule has 0 fully saturated rings. The van der Waals surface area contributed by atoms with Crippen molar-refractivity contribution in [1.82, 2.24) is 10.2 Å². The lowest BCUT2D eigenvalue weighted by molar-refractivity contribution is -0.142. The van der Waals surface area contributed by atoms with Gasteiger partial charge in [0.25, 0.3) is 5.91 Å². The zero-order chi connectivity index (χ0) is 26.6. The SMILES string of the molecule is CCCNC(=O)C(Cc1ccccc1)N(Cc1ccc(Br)cc1)C(=O)COc1cc(OC)cc(OC)c1. The molecule has 0 aromatic heterocycles. The van der Waals surface area contributed by atoms with E-state index in [0.29, 0.717) is 30.2 Å². The first-order chi connectivity index (χ1) is 17.9. The van der Waals surface area contributed by atoms with Crippen molar-refractivity contribution in [2.24, 2.45) is 0 Å². The number of carbonyl (C=O) groups excluding carboxylic acids is 2. The topological polar surface area (TPSA) is 77.1 Å². The number of benzene rings is 3. The van der Waals surface area contributed by atoms with Crippen molar-refractivity contribution in [3.05, 3.63) is 88.4 Å². The maximum Gasteiger partial charge on any atom is 0.261 e. The number of hydrogen-bond acceptors (Lipinski definition) is 5. The molecule has 0 aliphatic rings. The molecule has 0 aliphatic heterocycles. The zero-order valence-corrected chi connectivity index (χ0v) is 23.0. The second kappa shape index (κ2) is 14.3. The molecule has 8 heteroatoms. The standard InChI is InChI=1S/C29H33BrN2O5/c1-4-14-31-29(34)27(15-21-8-6-5-7-9-21)32(19-22-10-12-23(30)13-11-22)28(33)20-37-26-17-24(35-2)16-25(18-26)36-3/h5-13,16-18,27H,4,14-15,19-20H2,1-3H3,(H,31,34).